The lowest BCUT2D eigenvalue weighted by molar-refractivity contribution is -0.116. The van der Waals surface area contributed by atoms with Crippen molar-refractivity contribution in [2.45, 2.75) is 30.9 Å². The summed E-state index contributed by atoms with van der Waals surface area (Å²) >= 11 is 0. The summed E-state index contributed by atoms with van der Waals surface area (Å²) in [7, 11) is -3.64. The van der Waals surface area contributed by atoms with Crippen LogP contribution in [0.2, 0.25) is 0 Å². The van der Waals surface area contributed by atoms with E-state index in [2.05, 4.69) is 10.2 Å². The molecule has 1 heterocycles. The molecule has 3 rings (SSSR count). The number of morpholine rings is 1. The number of ether oxygens (including phenoxy) is 1. The van der Waals surface area contributed by atoms with Crippen molar-refractivity contribution in [3.05, 3.63) is 54.1 Å². The van der Waals surface area contributed by atoms with Crippen LogP contribution in [-0.2, 0) is 19.4 Å². The molecule has 33 heavy (non-hydrogen) atoms. The zero-order valence-electron chi connectivity index (χ0n) is 19.3. The molecule has 178 valence electrons. The number of nitrogens with one attached hydrogen (secondary N) is 1. The van der Waals surface area contributed by atoms with Crippen LogP contribution in [0, 0.1) is 0 Å². The van der Waals surface area contributed by atoms with Crippen LogP contribution >= 0.6 is 0 Å². The summed E-state index contributed by atoms with van der Waals surface area (Å²) in [4.78, 5) is 29.3. The molecule has 0 aliphatic carbocycles. The van der Waals surface area contributed by atoms with Crippen molar-refractivity contribution in [2.75, 3.05) is 49.6 Å². The molecule has 0 saturated carbocycles. The molecule has 9 heteroatoms. The summed E-state index contributed by atoms with van der Waals surface area (Å²) in [6.07, 6.45) is 0. The molecule has 0 spiro atoms. The first kappa shape index (κ1) is 24.7. The van der Waals surface area contributed by atoms with Crippen molar-refractivity contribution in [1.82, 2.24) is 4.90 Å². The normalized spacial score (nSPS) is 14.2. The molecular formula is C24H31N3O5S. The van der Waals surface area contributed by atoms with Gasteiger partial charge in [0.2, 0.25) is 5.91 Å². The van der Waals surface area contributed by atoms with E-state index in [1.165, 1.54) is 17.0 Å². The minimum atomic E-state index is -3.64. The van der Waals surface area contributed by atoms with E-state index in [0.29, 0.717) is 18.9 Å². The van der Waals surface area contributed by atoms with Crippen LogP contribution in [0.1, 0.15) is 31.1 Å². The Morgan fingerprint density at radius 3 is 2.30 bits per heavy atom. The maximum absolute atomic E-state index is 13.1. The smallest absolute Gasteiger partial charge is 0.255 e. The van der Waals surface area contributed by atoms with Gasteiger partial charge in [-0.25, -0.2) is 8.42 Å². The molecule has 0 atom stereocenters. The van der Waals surface area contributed by atoms with Gasteiger partial charge in [-0.05, 0) is 57.2 Å². The summed E-state index contributed by atoms with van der Waals surface area (Å²) < 4.78 is 30.8. The van der Waals surface area contributed by atoms with Gasteiger partial charge in [-0.1, -0.05) is 12.1 Å². The van der Waals surface area contributed by atoms with Gasteiger partial charge in [-0.3, -0.25) is 9.59 Å². The van der Waals surface area contributed by atoms with Crippen molar-refractivity contribution >= 4 is 33.0 Å². The number of rotatable bonds is 8. The number of likely N-dealkylation sites (N-methyl/N-ethyl adjacent to an activating group) is 1. The molecule has 0 bridgehead atoms. The summed E-state index contributed by atoms with van der Waals surface area (Å²) in [6, 6.07) is 13.7. The van der Waals surface area contributed by atoms with Crippen LogP contribution in [0.15, 0.2) is 53.4 Å². The molecule has 1 saturated heterocycles. The van der Waals surface area contributed by atoms with Gasteiger partial charge in [0.1, 0.15) is 6.54 Å². The van der Waals surface area contributed by atoms with Crippen molar-refractivity contribution < 1.29 is 22.7 Å². The van der Waals surface area contributed by atoms with E-state index in [9.17, 15) is 18.0 Å². The van der Waals surface area contributed by atoms with Crippen molar-refractivity contribution in [2.24, 2.45) is 0 Å². The van der Waals surface area contributed by atoms with Gasteiger partial charge >= 0.3 is 0 Å². The van der Waals surface area contributed by atoms with Crippen LogP contribution in [0.4, 0.5) is 11.4 Å². The monoisotopic (exact) mass is 473 g/mol. The molecule has 1 aliphatic heterocycles. The standard InChI is InChI=1S/C24H31N3O5S/c1-4-26(24(29)21-7-5-6-8-22(21)33(30,31)18(2)3)17-23(28)25-19-9-11-20(12-10-19)27-13-15-32-16-14-27/h5-12,18H,4,13-17H2,1-3H3,(H,25,28). The van der Waals surface area contributed by atoms with Crippen LogP contribution in [0.25, 0.3) is 0 Å². The molecule has 0 unspecified atom stereocenters. The quantitative estimate of drug-likeness (QED) is 0.633. The van der Waals surface area contributed by atoms with Crippen LogP contribution in [0.5, 0.6) is 0 Å². The van der Waals surface area contributed by atoms with Crippen molar-refractivity contribution in [3.63, 3.8) is 0 Å². The third-order valence-electron chi connectivity index (χ3n) is 5.58. The number of anilines is 2. The van der Waals surface area contributed by atoms with Crippen molar-refractivity contribution in [3.8, 4) is 0 Å². The first-order valence-electron chi connectivity index (χ1n) is 11.1. The van der Waals surface area contributed by atoms with E-state index in [-0.39, 0.29) is 29.5 Å². The van der Waals surface area contributed by atoms with E-state index in [4.69, 9.17) is 4.74 Å². The maximum atomic E-state index is 13.1. The van der Waals surface area contributed by atoms with Crippen LogP contribution < -0.4 is 10.2 Å². The Labute approximate surface area is 195 Å². The third kappa shape index (κ3) is 5.91. The first-order chi connectivity index (χ1) is 15.7. The topological polar surface area (TPSA) is 96.0 Å². The second kappa shape index (κ2) is 10.8. The van der Waals surface area contributed by atoms with Gasteiger partial charge < -0.3 is 19.9 Å². The van der Waals surface area contributed by atoms with Crippen LogP contribution in [-0.4, -0.2) is 69.8 Å². The molecule has 0 radical (unpaired) electrons. The van der Waals surface area contributed by atoms with E-state index in [1.807, 2.05) is 24.3 Å². The van der Waals surface area contributed by atoms with Gasteiger partial charge in [0, 0.05) is 31.0 Å². The maximum Gasteiger partial charge on any atom is 0.255 e. The number of carbonyl (C=O) groups is 2. The number of carbonyl (C=O) groups excluding carboxylic acids is 2. The SMILES string of the molecule is CCN(CC(=O)Nc1ccc(N2CCOCC2)cc1)C(=O)c1ccccc1S(=O)(=O)C(C)C. The van der Waals surface area contributed by atoms with E-state index in [1.54, 1.807) is 32.9 Å². The fourth-order valence-electron chi connectivity index (χ4n) is 3.59. The highest BCUT2D eigenvalue weighted by Crippen LogP contribution is 2.22. The Morgan fingerprint density at radius 2 is 1.70 bits per heavy atom. The zero-order chi connectivity index (χ0) is 24.0. The van der Waals surface area contributed by atoms with Gasteiger partial charge in [0.25, 0.3) is 5.91 Å². The predicted molar refractivity (Wildman–Crippen MR) is 128 cm³/mol. The Hall–Kier alpha value is -2.91. The minimum Gasteiger partial charge on any atom is -0.378 e. The molecular weight excluding hydrogens is 442 g/mol. The average molecular weight is 474 g/mol. The number of hydrogen-bond donors (Lipinski definition) is 1. The van der Waals surface area contributed by atoms with Gasteiger partial charge in [0.15, 0.2) is 9.84 Å². The molecule has 2 aromatic carbocycles. The summed E-state index contributed by atoms with van der Waals surface area (Å²) in [5, 5.41) is 2.15. The van der Waals surface area contributed by atoms with E-state index >= 15 is 0 Å². The number of hydrogen-bond acceptors (Lipinski definition) is 6. The summed E-state index contributed by atoms with van der Waals surface area (Å²) in [5.41, 5.74) is 1.77. The lowest BCUT2D eigenvalue weighted by atomic mass is 10.2. The molecule has 1 N–H and O–H groups in total. The van der Waals surface area contributed by atoms with E-state index < -0.39 is 21.0 Å². The number of nitrogens with zero attached hydrogens (tertiary/aromatic N) is 2. The fourth-order valence-corrected chi connectivity index (χ4v) is 4.83. The number of benzene rings is 2. The zero-order valence-corrected chi connectivity index (χ0v) is 20.1. The Balaban J connectivity index is 1.69. The minimum absolute atomic E-state index is 0.0115. The molecule has 2 amide bonds. The van der Waals surface area contributed by atoms with Gasteiger partial charge in [-0.15, -0.1) is 0 Å². The molecule has 2 aromatic rings. The number of amides is 2. The second-order valence-electron chi connectivity index (χ2n) is 8.10. The Morgan fingerprint density at radius 1 is 1.06 bits per heavy atom. The first-order valence-corrected chi connectivity index (χ1v) is 12.6. The predicted octanol–water partition coefficient (Wildman–Crippen LogP) is 2.81. The molecule has 8 nitrogen and oxygen atoms in total. The fraction of sp³-hybridized carbons (Fsp3) is 0.417. The summed E-state index contributed by atoms with van der Waals surface area (Å²) in [6.45, 7) is 8.02. The highest BCUT2D eigenvalue weighted by Gasteiger charge is 2.28. The highest BCUT2D eigenvalue weighted by molar-refractivity contribution is 7.92. The van der Waals surface area contributed by atoms with Crippen LogP contribution in [0.3, 0.4) is 0 Å². The second-order valence-corrected chi connectivity index (χ2v) is 10.6. The lowest BCUT2D eigenvalue weighted by Gasteiger charge is -2.29. The highest BCUT2D eigenvalue weighted by atomic mass is 32.2. The Kier molecular flexibility index (Phi) is 8.10. The number of sulfone groups is 1. The van der Waals surface area contributed by atoms with Gasteiger partial charge in [-0.2, -0.15) is 0 Å². The van der Waals surface area contributed by atoms with Crippen molar-refractivity contribution in [1.29, 1.82) is 0 Å². The molecule has 1 aliphatic rings. The van der Waals surface area contributed by atoms with Gasteiger partial charge in [0.05, 0.1) is 28.9 Å². The Bertz CT molecular complexity index is 1080. The average Bonchev–Trinajstić information content (AvgIpc) is 2.83. The summed E-state index contributed by atoms with van der Waals surface area (Å²) in [5.74, 6) is -0.844. The third-order valence-corrected chi connectivity index (χ3v) is 7.79. The van der Waals surface area contributed by atoms with E-state index in [0.717, 1.165) is 18.8 Å². The lowest BCUT2D eigenvalue weighted by Crippen LogP contribution is -2.38. The largest absolute Gasteiger partial charge is 0.378 e. The molecule has 0 aromatic heterocycles. The molecule has 1 fully saturated rings.